The Kier molecular flexibility index (Phi) is 4.96. The van der Waals surface area contributed by atoms with Crippen LogP contribution in [0.3, 0.4) is 0 Å². The van der Waals surface area contributed by atoms with Crippen LogP contribution < -0.4 is 4.74 Å². The fraction of sp³-hybridized carbons (Fsp3) is 0.444. The van der Waals surface area contributed by atoms with E-state index in [2.05, 4.69) is 38.0 Å². The van der Waals surface area contributed by atoms with Crippen LogP contribution in [0.25, 0.3) is 16.2 Å². The fourth-order valence-corrected chi connectivity index (χ4v) is 3.46. The van der Waals surface area contributed by atoms with Gasteiger partial charge in [-0.1, -0.05) is 38.5 Å². The Morgan fingerprint density at radius 1 is 1.22 bits per heavy atom. The molecule has 0 atom stereocenters. The van der Waals surface area contributed by atoms with Gasteiger partial charge >= 0.3 is 0 Å². The second-order valence-corrected chi connectivity index (χ2v) is 7.21. The van der Waals surface area contributed by atoms with Crippen molar-refractivity contribution >= 4 is 16.3 Å². The van der Waals surface area contributed by atoms with Gasteiger partial charge in [0, 0.05) is 12.0 Å². The number of hydrogen-bond donors (Lipinski definition) is 0. The number of unbranched alkanes of at least 4 members (excludes halogenated alkanes) is 1. The number of hydrogen-bond acceptors (Lipinski definition) is 4. The molecule has 122 valence electrons. The first-order valence-electron chi connectivity index (χ1n) is 8.24. The van der Waals surface area contributed by atoms with Crippen LogP contribution in [0.1, 0.15) is 38.6 Å². The minimum atomic E-state index is 0.616. The molecule has 3 rings (SSSR count). The van der Waals surface area contributed by atoms with E-state index in [4.69, 9.17) is 9.72 Å². The van der Waals surface area contributed by atoms with Crippen LogP contribution in [-0.2, 0) is 6.42 Å². The predicted molar refractivity (Wildman–Crippen MR) is 95.2 cm³/mol. The molecule has 0 N–H and O–H groups in total. The number of nitrogens with zero attached hydrogens (tertiary/aromatic N) is 3. The van der Waals surface area contributed by atoms with E-state index < -0.39 is 0 Å². The molecule has 3 aromatic rings. The molecule has 0 radical (unpaired) electrons. The predicted octanol–water partition coefficient (Wildman–Crippen LogP) is 4.84. The summed E-state index contributed by atoms with van der Waals surface area (Å²) >= 11 is 1.67. The maximum atomic E-state index is 5.70. The molecule has 5 heteroatoms. The lowest BCUT2D eigenvalue weighted by Crippen LogP contribution is -1.96. The average Bonchev–Trinajstić information content (AvgIpc) is 3.06. The number of imidazole rings is 1. The van der Waals surface area contributed by atoms with Gasteiger partial charge in [0.05, 0.1) is 18.5 Å². The SMILES string of the molecule is CCCCOc1ccc(-c2cn3nc(CC(C)C)sc3n2)cc1. The minimum Gasteiger partial charge on any atom is -0.494 e. The quantitative estimate of drug-likeness (QED) is 0.583. The molecular formula is C18H23N3OS. The molecule has 4 nitrogen and oxygen atoms in total. The summed E-state index contributed by atoms with van der Waals surface area (Å²) in [6.07, 6.45) is 5.24. The second kappa shape index (κ2) is 7.13. The Morgan fingerprint density at radius 2 is 2.00 bits per heavy atom. The molecule has 0 fully saturated rings. The summed E-state index contributed by atoms with van der Waals surface area (Å²) in [5.74, 6) is 1.53. The Labute approximate surface area is 141 Å². The van der Waals surface area contributed by atoms with Gasteiger partial charge in [0.25, 0.3) is 0 Å². The third-order valence-electron chi connectivity index (χ3n) is 3.58. The molecule has 0 bridgehead atoms. The molecule has 23 heavy (non-hydrogen) atoms. The molecule has 0 spiro atoms. The van der Waals surface area contributed by atoms with Gasteiger partial charge in [0.1, 0.15) is 10.8 Å². The van der Waals surface area contributed by atoms with Gasteiger partial charge in [0.15, 0.2) is 0 Å². The Bertz CT molecular complexity index is 727. The van der Waals surface area contributed by atoms with E-state index >= 15 is 0 Å². The van der Waals surface area contributed by atoms with Crippen molar-refractivity contribution in [3.05, 3.63) is 35.5 Å². The number of benzene rings is 1. The first-order chi connectivity index (χ1) is 11.2. The molecule has 0 aliphatic carbocycles. The number of aromatic nitrogens is 3. The lowest BCUT2D eigenvalue weighted by molar-refractivity contribution is 0.309. The van der Waals surface area contributed by atoms with Gasteiger partial charge in [-0.15, -0.1) is 0 Å². The van der Waals surface area contributed by atoms with Crippen LogP contribution in [0.2, 0.25) is 0 Å². The molecule has 0 amide bonds. The standard InChI is InChI=1S/C18H23N3OS/c1-4-5-10-22-15-8-6-14(7-9-15)16-12-21-18(19-16)23-17(20-21)11-13(2)3/h6-9,12-13H,4-5,10-11H2,1-3H3. The number of fused-ring (bicyclic) bond motifs is 1. The van der Waals surface area contributed by atoms with Crippen LogP contribution in [0, 0.1) is 5.92 Å². The summed E-state index contributed by atoms with van der Waals surface area (Å²) < 4.78 is 7.59. The lowest BCUT2D eigenvalue weighted by atomic mass is 10.1. The topological polar surface area (TPSA) is 39.4 Å². The molecule has 2 heterocycles. The van der Waals surface area contributed by atoms with Gasteiger partial charge in [-0.05, 0) is 36.6 Å². The highest BCUT2D eigenvalue weighted by atomic mass is 32.1. The van der Waals surface area contributed by atoms with Crippen LogP contribution in [-0.4, -0.2) is 21.2 Å². The van der Waals surface area contributed by atoms with E-state index in [1.165, 1.54) is 0 Å². The molecule has 1 aromatic carbocycles. The lowest BCUT2D eigenvalue weighted by Gasteiger charge is -2.05. The zero-order chi connectivity index (χ0) is 16.2. The summed E-state index contributed by atoms with van der Waals surface area (Å²) in [6, 6.07) is 8.14. The van der Waals surface area contributed by atoms with Crippen molar-refractivity contribution in [3.8, 4) is 17.0 Å². The highest BCUT2D eigenvalue weighted by Crippen LogP contribution is 2.25. The zero-order valence-electron chi connectivity index (χ0n) is 14.0. The first kappa shape index (κ1) is 16.0. The van der Waals surface area contributed by atoms with Gasteiger partial charge in [-0.2, -0.15) is 5.10 Å². The van der Waals surface area contributed by atoms with Crippen LogP contribution >= 0.6 is 11.3 Å². The second-order valence-electron chi connectivity index (χ2n) is 6.17. The maximum Gasteiger partial charge on any atom is 0.212 e. The van der Waals surface area contributed by atoms with E-state index in [0.29, 0.717) is 5.92 Å². The molecule has 0 saturated carbocycles. The molecule has 0 aliphatic heterocycles. The highest BCUT2D eigenvalue weighted by Gasteiger charge is 2.10. The summed E-state index contributed by atoms with van der Waals surface area (Å²) in [6.45, 7) is 7.36. The fourth-order valence-electron chi connectivity index (χ4n) is 2.37. The monoisotopic (exact) mass is 329 g/mol. The largest absolute Gasteiger partial charge is 0.494 e. The van der Waals surface area contributed by atoms with Crippen molar-refractivity contribution < 1.29 is 4.74 Å². The van der Waals surface area contributed by atoms with Crippen molar-refractivity contribution in [3.63, 3.8) is 0 Å². The van der Waals surface area contributed by atoms with Crippen molar-refractivity contribution in [2.24, 2.45) is 5.92 Å². The van der Waals surface area contributed by atoms with Crippen molar-refractivity contribution in [2.75, 3.05) is 6.61 Å². The number of rotatable bonds is 7. The van der Waals surface area contributed by atoms with Gasteiger partial charge in [-0.25, -0.2) is 9.50 Å². The Hall–Kier alpha value is -1.88. The minimum absolute atomic E-state index is 0.616. The van der Waals surface area contributed by atoms with E-state index in [1.54, 1.807) is 11.3 Å². The molecule has 0 unspecified atom stereocenters. The smallest absolute Gasteiger partial charge is 0.212 e. The molecule has 0 saturated heterocycles. The van der Waals surface area contributed by atoms with Crippen LogP contribution in [0.15, 0.2) is 30.5 Å². The Morgan fingerprint density at radius 3 is 2.65 bits per heavy atom. The summed E-state index contributed by atoms with van der Waals surface area (Å²) in [5, 5.41) is 5.76. The molecular weight excluding hydrogens is 306 g/mol. The van der Waals surface area contributed by atoms with Gasteiger partial charge in [0.2, 0.25) is 4.96 Å². The average molecular weight is 329 g/mol. The zero-order valence-corrected chi connectivity index (χ0v) is 14.8. The van der Waals surface area contributed by atoms with Crippen molar-refractivity contribution in [2.45, 2.75) is 40.0 Å². The normalized spacial score (nSPS) is 11.5. The molecule has 2 aromatic heterocycles. The summed E-state index contributed by atoms with van der Waals surface area (Å²) in [4.78, 5) is 5.65. The van der Waals surface area contributed by atoms with Crippen LogP contribution in [0.5, 0.6) is 5.75 Å². The summed E-state index contributed by atoms with van der Waals surface area (Å²) in [5.41, 5.74) is 2.05. The van der Waals surface area contributed by atoms with E-state index in [0.717, 1.165) is 52.8 Å². The van der Waals surface area contributed by atoms with E-state index in [1.807, 2.05) is 22.8 Å². The number of ether oxygens (including phenoxy) is 1. The first-order valence-corrected chi connectivity index (χ1v) is 9.05. The maximum absolute atomic E-state index is 5.70. The third-order valence-corrected chi connectivity index (χ3v) is 4.53. The third kappa shape index (κ3) is 3.91. The van der Waals surface area contributed by atoms with Crippen molar-refractivity contribution in [1.82, 2.24) is 14.6 Å². The Balaban J connectivity index is 1.73. The van der Waals surface area contributed by atoms with Gasteiger partial charge < -0.3 is 4.74 Å². The summed E-state index contributed by atoms with van der Waals surface area (Å²) in [7, 11) is 0. The molecule has 0 aliphatic rings. The van der Waals surface area contributed by atoms with Crippen molar-refractivity contribution in [1.29, 1.82) is 0 Å². The van der Waals surface area contributed by atoms with Gasteiger partial charge in [-0.3, -0.25) is 0 Å². The highest BCUT2D eigenvalue weighted by molar-refractivity contribution is 7.16. The van der Waals surface area contributed by atoms with E-state index in [9.17, 15) is 0 Å². The van der Waals surface area contributed by atoms with Crippen LogP contribution in [0.4, 0.5) is 0 Å². The van der Waals surface area contributed by atoms with E-state index in [-0.39, 0.29) is 0 Å².